The number of hydrogen-bond acceptors (Lipinski definition) is 4. The standard InChI is InChI=1S/C21H25NO4/c1-15(2)16(3)22-20(23)14-26-21(24)19-12-8-7-9-17(19)13-25-18-10-5-4-6-11-18/h4-12,15-16H,13-14H2,1-3H3,(H,22,23)/t16-/m1/s1. The first-order valence-corrected chi connectivity index (χ1v) is 8.69. The van der Waals surface area contributed by atoms with Crippen LogP contribution < -0.4 is 10.1 Å². The van der Waals surface area contributed by atoms with Crippen LogP contribution in [0.5, 0.6) is 5.75 Å². The summed E-state index contributed by atoms with van der Waals surface area (Å²) in [6.45, 7) is 5.89. The Bertz CT molecular complexity index is 728. The second kappa shape index (κ2) is 9.61. The van der Waals surface area contributed by atoms with Crippen LogP contribution >= 0.6 is 0 Å². The summed E-state index contributed by atoms with van der Waals surface area (Å²) in [5.74, 6) is 0.186. The van der Waals surface area contributed by atoms with Crippen LogP contribution in [0.15, 0.2) is 54.6 Å². The molecule has 5 heteroatoms. The molecule has 0 saturated heterocycles. The van der Waals surface area contributed by atoms with Gasteiger partial charge in [0.1, 0.15) is 12.4 Å². The van der Waals surface area contributed by atoms with E-state index in [4.69, 9.17) is 9.47 Å². The molecule has 0 aliphatic heterocycles. The highest BCUT2D eigenvalue weighted by atomic mass is 16.5. The summed E-state index contributed by atoms with van der Waals surface area (Å²) in [4.78, 5) is 24.2. The minimum absolute atomic E-state index is 0.0211. The summed E-state index contributed by atoms with van der Waals surface area (Å²) in [6, 6.07) is 16.4. The van der Waals surface area contributed by atoms with Gasteiger partial charge in [-0.05, 0) is 31.0 Å². The van der Waals surface area contributed by atoms with E-state index in [1.807, 2.05) is 57.2 Å². The molecular weight excluding hydrogens is 330 g/mol. The molecule has 0 aromatic heterocycles. The number of ether oxygens (including phenoxy) is 2. The predicted octanol–water partition coefficient (Wildman–Crippen LogP) is 3.58. The van der Waals surface area contributed by atoms with Crippen LogP contribution in [-0.2, 0) is 16.1 Å². The Morgan fingerprint density at radius 1 is 0.962 bits per heavy atom. The molecule has 0 heterocycles. The zero-order chi connectivity index (χ0) is 18.9. The van der Waals surface area contributed by atoms with Crippen LogP contribution in [0, 0.1) is 5.92 Å². The van der Waals surface area contributed by atoms with Crippen molar-refractivity contribution in [2.24, 2.45) is 5.92 Å². The lowest BCUT2D eigenvalue weighted by atomic mass is 10.1. The summed E-state index contributed by atoms with van der Waals surface area (Å²) in [7, 11) is 0. The maximum absolute atomic E-state index is 12.3. The van der Waals surface area contributed by atoms with Gasteiger partial charge in [0.2, 0.25) is 0 Å². The van der Waals surface area contributed by atoms with Gasteiger partial charge in [0, 0.05) is 11.6 Å². The van der Waals surface area contributed by atoms with E-state index in [1.54, 1.807) is 18.2 Å². The Labute approximate surface area is 154 Å². The number of esters is 1. The quantitative estimate of drug-likeness (QED) is 0.735. The van der Waals surface area contributed by atoms with Crippen LogP contribution in [0.4, 0.5) is 0 Å². The SMILES string of the molecule is CC(C)[C@@H](C)NC(=O)COC(=O)c1ccccc1COc1ccccc1. The van der Waals surface area contributed by atoms with Gasteiger partial charge in [-0.15, -0.1) is 0 Å². The normalized spacial score (nSPS) is 11.7. The van der Waals surface area contributed by atoms with Gasteiger partial charge in [-0.3, -0.25) is 4.79 Å². The fraction of sp³-hybridized carbons (Fsp3) is 0.333. The van der Waals surface area contributed by atoms with E-state index in [2.05, 4.69) is 5.32 Å². The van der Waals surface area contributed by atoms with Crippen LogP contribution in [-0.4, -0.2) is 24.5 Å². The molecule has 0 radical (unpaired) electrons. The number of hydrogen-bond donors (Lipinski definition) is 1. The number of para-hydroxylation sites is 1. The molecule has 0 saturated carbocycles. The van der Waals surface area contributed by atoms with Crippen LogP contribution in [0.25, 0.3) is 0 Å². The van der Waals surface area contributed by atoms with E-state index < -0.39 is 5.97 Å². The molecule has 138 valence electrons. The van der Waals surface area contributed by atoms with Gasteiger partial charge in [0.25, 0.3) is 5.91 Å². The number of carbonyl (C=O) groups is 2. The molecule has 26 heavy (non-hydrogen) atoms. The highest BCUT2D eigenvalue weighted by Gasteiger charge is 2.16. The summed E-state index contributed by atoms with van der Waals surface area (Å²) in [6.07, 6.45) is 0. The van der Waals surface area contributed by atoms with Crippen molar-refractivity contribution in [1.29, 1.82) is 0 Å². The van der Waals surface area contributed by atoms with Gasteiger partial charge >= 0.3 is 5.97 Å². The molecule has 0 unspecified atom stereocenters. The Morgan fingerprint density at radius 2 is 1.62 bits per heavy atom. The largest absolute Gasteiger partial charge is 0.489 e. The third-order valence-corrected chi connectivity index (χ3v) is 4.10. The first kappa shape index (κ1) is 19.5. The molecule has 0 spiro atoms. The average molecular weight is 355 g/mol. The van der Waals surface area contributed by atoms with Gasteiger partial charge in [0.15, 0.2) is 6.61 Å². The minimum Gasteiger partial charge on any atom is -0.489 e. The lowest BCUT2D eigenvalue weighted by Crippen LogP contribution is -2.38. The lowest BCUT2D eigenvalue weighted by Gasteiger charge is -2.17. The van der Waals surface area contributed by atoms with Crippen molar-refractivity contribution in [3.8, 4) is 5.75 Å². The molecule has 1 amide bonds. The van der Waals surface area contributed by atoms with Gasteiger partial charge in [-0.2, -0.15) is 0 Å². The molecule has 0 aliphatic carbocycles. The molecule has 0 bridgehead atoms. The van der Waals surface area contributed by atoms with E-state index in [1.165, 1.54) is 0 Å². The average Bonchev–Trinajstić information content (AvgIpc) is 2.65. The first-order chi connectivity index (χ1) is 12.5. The summed E-state index contributed by atoms with van der Waals surface area (Å²) < 4.78 is 10.9. The molecule has 5 nitrogen and oxygen atoms in total. The fourth-order valence-electron chi connectivity index (χ4n) is 2.19. The zero-order valence-electron chi connectivity index (χ0n) is 15.4. The molecule has 0 fully saturated rings. The van der Waals surface area contributed by atoms with Crippen molar-refractivity contribution in [2.75, 3.05) is 6.61 Å². The van der Waals surface area contributed by atoms with E-state index in [0.29, 0.717) is 17.0 Å². The monoisotopic (exact) mass is 355 g/mol. The summed E-state index contributed by atoms with van der Waals surface area (Å²) >= 11 is 0. The zero-order valence-corrected chi connectivity index (χ0v) is 15.4. The van der Waals surface area contributed by atoms with Crippen LogP contribution in [0.2, 0.25) is 0 Å². The molecule has 0 aliphatic rings. The van der Waals surface area contributed by atoms with Crippen molar-refractivity contribution in [2.45, 2.75) is 33.4 Å². The third-order valence-electron chi connectivity index (χ3n) is 4.10. The maximum Gasteiger partial charge on any atom is 0.339 e. The number of benzene rings is 2. The van der Waals surface area contributed by atoms with Crippen molar-refractivity contribution >= 4 is 11.9 Å². The van der Waals surface area contributed by atoms with E-state index in [9.17, 15) is 9.59 Å². The molecule has 1 atom stereocenters. The summed E-state index contributed by atoms with van der Waals surface area (Å²) in [5, 5.41) is 2.81. The number of rotatable bonds is 8. The van der Waals surface area contributed by atoms with Gasteiger partial charge < -0.3 is 14.8 Å². The second-order valence-corrected chi connectivity index (χ2v) is 6.44. The van der Waals surface area contributed by atoms with Gasteiger partial charge in [0.05, 0.1) is 5.56 Å². The minimum atomic E-state index is -0.537. The molecule has 2 aromatic carbocycles. The van der Waals surface area contributed by atoms with E-state index in [0.717, 1.165) is 5.75 Å². The molecule has 2 aromatic rings. The third kappa shape index (κ3) is 5.92. The highest BCUT2D eigenvalue weighted by molar-refractivity contribution is 5.92. The van der Waals surface area contributed by atoms with Crippen molar-refractivity contribution in [1.82, 2.24) is 5.32 Å². The van der Waals surface area contributed by atoms with Crippen LogP contribution in [0.1, 0.15) is 36.7 Å². The Balaban J connectivity index is 1.93. The first-order valence-electron chi connectivity index (χ1n) is 8.69. The van der Waals surface area contributed by atoms with Crippen molar-refractivity contribution in [3.63, 3.8) is 0 Å². The maximum atomic E-state index is 12.3. The van der Waals surface area contributed by atoms with Crippen molar-refractivity contribution in [3.05, 3.63) is 65.7 Å². The number of nitrogens with one attached hydrogen (secondary N) is 1. The molecule has 1 N–H and O–H groups in total. The van der Waals surface area contributed by atoms with E-state index in [-0.39, 0.29) is 25.2 Å². The second-order valence-electron chi connectivity index (χ2n) is 6.44. The van der Waals surface area contributed by atoms with Gasteiger partial charge in [-0.1, -0.05) is 50.2 Å². The topological polar surface area (TPSA) is 64.6 Å². The smallest absolute Gasteiger partial charge is 0.339 e. The predicted molar refractivity (Wildman–Crippen MR) is 99.9 cm³/mol. The molecule has 2 rings (SSSR count). The van der Waals surface area contributed by atoms with E-state index >= 15 is 0 Å². The lowest BCUT2D eigenvalue weighted by molar-refractivity contribution is -0.125. The van der Waals surface area contributed by atoms with Crippen LogP contribution in [0.3, 0.4) is 0 Å². The highest BCUT2D eigenvalue weighted by Crippen LogP contribution is 2.15. The Kier molecular flexibility index (Phi) is 7.21. The molecular formula is C21H25NO4. The fourth-order valence-corrected chi connectivity index (χ4v) is 2.19. The Hall–Kier alpha value is -2.82. The van der Waals surface area contributed by atoms with Gasteiger partial charge in [-0.25, -0.2) is 4.79 Å². The van der Waals surface area contributed by atoms with Crippen molar-refractivity contribution < 1.29 is 19.1 Å². The summed E-state index contributed by atoms with van der Waals surface area (Å²) in [5.41, 5.74) is 1.10. The number of carbonyl (C=O) groups excluding carboxylic acids is 2. The number of amides is 1. The Morgan fingerprint density at radius 3 is 2.31 bits per heavy atom.